The number of hydrogen-bond donors (Lipinski definition) is 1. The van der Waals surface area contributed by atoms with Crippen LogP contribution in [0.4, 0.5) is 0 Å². The molecule has 0 heterocycles. The van der Waals surface area contributed by atoms with Gasteiger partial charge in [0, 0.05) is 6.42 Å². The summed E-state index contributed by atoms with van der Waals surface area (Å²) in [5.41, 5.74) is 0. The van der Waals surface area contributed by atoms with E-state index in [0.717, 1.165) is 25.4 Å². The van der Waals surface area contributed by atoms with E-state index in [1.807, 2.05) is 7.05 Å². The van der Waals surface area contributed by atoms with Crippen molar-refractivity contribution in [1.29, 1.82) is 0 Å². The molecule has 1 unspecified atom stereocenters. The van der Waals surface area contributed by atoms with E-state index in [4.69, 9.17) is 6.57 Å². The second-order valence-electron chi connectivity index (χ2n) is 2.88. The molecule has 0 fully saturated rings. The zero-order valence-electron chi connectivity index (χ0n) is 7.64. The van der Waals surface area contributed by atoms with E-state index in [1.165, 1.54) is 12.8 Å². The Kier molecular flexibility index (Phi) is 7.18. The van der Waals surface area contributed by atoms with Gasteiger partial charge in [0.25, 0.3) is 13.1 Å². The first-order valence-electron chi connectivity index (χ1n) is 4.36. The second-order valence-corrected chi connectivity index (χ2v) is 2.88. The molecule has 0 saturated carbocycles. The van der Waals surface area contributed by atoms with E-state index >= 15 is 0 Å². The lowest BCUT2D eigenvalue weighted by Crippen LogP contribution is -2.18. The molecule has 0 aromatic heterocycles. The summed E-state index contributed by atoms with van der Waals surface area (Å²) in [7, 11) is 2.00. The third-order valence-corrected chi connectivity index (χ3v) is 1.97. The molecular formula is C9H19N2+. The highest BCUT2D eigenvalue weighted by molar-refractivity contribution is 4.68. The maximum Gasteiger partial charge on any atom is 0.263 e. The van der Waals surface area contributed by atoms with Crippen molar-refractivity contribution < 1.29 is 0 Å². The maximum atomic E-state index is 5.04. The van der Waals surface area contributed by atoms with Crippen molar-refractivity contribution in [2.45, 2.75) is 26.2 Å². The summed E-state index contributed by atoms with van der Waals surface area (Å²) in [5, 5.41) is 3.18. The van der Waals surface area contributed by atoms with E-state index in [1.54, 1.807) is 0 Å². The molecular weight excluding hydrogens is 136 g/mol. The van der Waals surface area contributed by atoms with Crippen LogP contribution in [0.3, 0.4) is 0 Å². The Morgan fingerprint density at radius 1 is 1.55 bits per heavy atom. The lowest BCUT2D eigenvalue weighted by atomic mass is 10.0. The maximum absolute atomic E-state index is 5.04. The van der Waals surface area contributed by atoms with Gasteiger partial charge in [0.1, 0.15) is 0 Å². The highest BCUT2D eigenvalue weighted by Gasteiger charge is 2.05. The third-order valence-electron chi connectivity index (χ3n) is 1.97. The molecule has 0 aliphatic carbocycles. The molecule has 0 aromatic rings. The lowest BCUT2D eigenvalue weighted by Gasteiger charge is -2.11. The molecule has 0 rings (SSSR count). The first-order chi connectivity index (χ1) is 5.35. The highest BCUT2D eigenvalue weighted by Crippen LogP contribution is 2.09. The Bertz CT molecular complexity index is 115. The molecule has 2 nitrogen and oxygen atoms in total. The molecule has 0 amide bonds. The minimum Gasteiger partial charge on any atom is -0.319 e. The minimum absolute atomic E-state index is 0.793. The molecule has 1 atom stereocenters. The molecule has 11 heavy (non-hydrogen) atoms. The molecule has 1 N–H and O–H groups in total. The number of hydrogen-bond acceptors (Lipinski definition) is 1. The van der Waals surface area contributed by atoms with Crippen LogP contribution in [-0.4, -0.2) is 20.1 Å². The predicted molar refractivity (Wildman–Crippen MR) is 50.1 cm³/mol. The summed E-state index contributed by atoms with van der Waals surface area (Å²) in [4.78, 5) is 3.58. The fraction of sp³-hybridized carbons (Fsp3) is 0.889. The molecule has 2 heteroatoms. The van der Waals surface area contributed by atoms with Gasteiger partial charge in [-0.25, -0.2) is 0 Å². The summed E-state index contributed by atoms with van der Waals surface area (Å²) < 4.78 is 0. The molecule has 64 valence electrons. The Morgan fingerprint density at radius 2 is 2.27 bits per heavy atom. The fourth-order valence-corrected chi connectivity index (χ4v) is 1.21. The Hall–Kier alpha value is -0.550. The second kappa shape index (κ2) is 7.56. The van der Waals surface area contributed by atoms with E-state index < -0.39 is 0 Å². The highest BCUT2D eigenvalue weighted by atomic mass is 14.8. The van der Waals surface area contributed by atoms with Gasteiger partial charge in [-0.2, -0.15) is 0 Å². The Morgan fingerprint density at radius 3 is 2.73 bits per heavy atom. The van der Waals surface area contributed by atoms with Crippen LogP contribution in [0.2, 0.25) is 0 Å². The van der Waals surface area contributed by atoms with Crippen LogP contribution in [0.5, 0.6) is 0 Å². The van der Waals surface area contributed by atoms with E-state index in [9.17, 15) is 0 Å². The van der Waals surface area contributed by atoms with Crippen molar-refractivity contribution in [3.8, 4) is 6.57 Å². The summed E-state index contributed by atoms with van der Waals surface area (Å²) in [5.74, 6) is 0.793. The van der Waals surface area contributed by atoms with Crippen LogP contribution in [0.15, 0.2) is 0 Å². The van der Waals surface area contributed by atoms with Gasteiger partial charge < -0.3 is 5.32 Å². The van der Waals surface area contributed by atoms with Crippen molar-refractivity contribution >= 4 is 0 Å². The van der Waals surface area contributed by atoms with Crippen molar-refractivity contribution in [1.82, 2.24) is 5.32 Å². The van der Waals surface area contributed by atoms with Gasteiger partial charge in [-0.1, -0.05) is 18.2 Å². The number of nitrogens with zero attached hydrogens (tertiary/aromatic N) is 1. The normalized spacial score (nSPS) is 12.5. The van der Waals surface area contributed by atoms with Gasteiger partial charge in [-0.15, -0.1) is 0 Å². The van der Waals surface area contributed by atoms with Crippen LogP contribution in [0, 0.1) is 12.5 Å². The minimum atomic E-state index is 0.793. The zero-order chi connectivity index (χ0) is 8.53. The van der Waals surface area contributed by atoms with Crippen LogP contribution in [-0.2, 0) is 0 Å². The smallest absolute Gasteiger partial charge is 0.263 e. The SMILES string of the molecule is C#[N+]CCCC(CC)CNC. The molecule has 0 aliphatic heterocycles. The molecule has 0 saturated heterocycles. The third kappa shape index (κ3) is 5.87. The van der Waals surface area contributed by atoms with Crippen molar-refractivity contribution in [2.24, 2.45) is 5.92 Å². The average molecular weight is 155 g/mol. The van der Waals surface area contributed by atoms with E-state index in [2.05, 4.69) is 17.1 Å². The first kappa shape index (κ1) is 10.4. The summed E-state index contributed by atoms with van der Waals surface area (Å²) in [6.07, 6.45) is 3.60. The first-order valence-corrected chi connectivity index (χ1v) is 4.36. The molecule has 0 spiro atoms. The van der Waals surface area contributed by atoms with Gasteiger partial charge in [-0.05, 0) is 25.9 Å². The van der Waals surface area contributed by atoms with Gasteiger partial charge >= 0.3 is 0 Å². The van der Waals surface area contributed by atoms with Gasteiger partial charge in [0.15, 0.2) is 0 Å². The van der Waals surface area contributed by atoms with Crippen molar-refractivity contribution in [3.63, 3.8) is 0 Å². The lowest BCUT2D eigenvalue weighted by molar-refractivity contribution is 0.443. The Labute approximate surface area is 69.8 Å². The molecule has 0 radical (unpaired) electrons. The van der Waals surface area contributed by atoms with Gasteiger partial charge in [0.2, 0.25) is 0 Å². The van der Waals surface area contributed by atoms with Crippen molar-refractivity contribution in [3.05, 3.63) is 4.85 Å². The van der Waals surface area contributed by atoms with E-state index in [-0.39, 0.29) is 0 Å². The van der Waals surface area contributed by atoms with Crippen LogP contribution < -0.4 is 5.32 Å². The van der Waals surface area contributed by atoms with Gasteiger partial charge in [0.05, 0.1) is 0 Å². The van der Waals surface area contributed by atoms with Crippen LogP contribution in [0.1, 0.15) is 26.2 Å². The Balaban J connectivity index is 3.29. The van der Waals surface area contributed by atoms with Gasteiger partial charge in [-0.3, -0.25) is 0 Å². The molecule has 0 aliphatic rings. The van der Waals surface area contributed by atoms with Crippen molar-refractivity contribution in [2.75, 3.05) is 20.1 Å². The summed E-state index contributed by atoms with van der Waals surface area (Å²) >= 11 is 0. The standard InChI is InChI=1S/C9H19N2/c1-4-9(8-11-3)6-5-7-10-2/h2,9,11H,4-8H2,1,3H3/q+1. The monoisotopic (exact) mass is 155 g/mol. The largest absolute Gasteiger partial charge is 0.319 e. The van der Waals surface area contributed by atoms with Crippen LogP contribution in [0.25, 0.3) is 4.85 Å². The topological polar surface area (TPSA) is 16.4 Å². The molecule has 0 aromatic carbocycles. The average Bonchev–Trinajstić information content (AvgIpc) is 2.03. The quantitative estimate of drug-likeness (QED) is 0.580. The van der Waals surface area contributed by atoms with Crippen LogP contribution >= 0.6 is 0 Å². The summed E-state index contributed by atoms with van der Waals surface area (Å²) in [6, 6.07) is 0. The fourth-order valence-electron chi connectivity index (χ4n) is 1.21. The van der Waals surface area contributed by atoms with E-state index in [0.29, 0.717) is 0 Å². The summed E-state index contributed by atoms with van der Waals surface area (Å²) in [6.45, 7) is 9.18. The molecule has 0 bridgehead atoms. The number of rotatable bonds is 6. The zero-order valence-corrected chi connectivity index (χ0v) is 7.64. The number of nitrogens with one attached hydrogen (secondary N) is 1. The predicted octanol–water partition coefficient (Wildman–Crippen LogP) is 1.97.